The minimum atomic E-state index is -1.00. The molecule has 7 heteroatoms. The molecule has 1 aromatic heterocycles. The Morgan fingerprint density at radius 2 is 1.90 bits per heavy atom. The normalized spacial score (nSPS) is 12.3. The summed E-state index contributed by atoms with van der Waals surface area (Å²) >= 11 is 0. The minimum absolute atomic E-state index is 0.0674. The summed E-state index contributed by atoms with van der Waals surface area (Å²) in [5, 5.41) is 22.3. The lowest BCUT2D eigenvalue weighted by Gasteiger charge is -2.21. The fourth-order valence-corrected chi connectivity index (χ4v) is 3.28. The van der Waals surface area contributed by atoms with Crippen LogP contribution >= 0.6 is 0 Å². The van der Waals surface area contributed by atoms with Gasteiger partial charge in [0.05, 0.1) is 24.3 Å². The van der Waals surface area contributed by atoms with Crippen molar-refractivity contribution in [3.05, 3.63) is 77.6 Å². The summed E-state index contributed by atoms with van der Waals surface area (Å²) < 4.78 is 0. The third-order valence-electron chi connectivity index (χ3n) is 4.91. The molecule has 162 valence electrons. The number of rotatable bonds is 8. The third kappa shape index (κ3) is 6.26. The Balaban J connectivity index is 1.75. The SMILES string of the molecule is Cc1cc(C(=O)NC(CC(=O)NCC(C)(C)O)c2ccccc2)ccc1-c1cn[nH]c1. The van der Waals surface area contributed by atoms with E-state index in [2.05, 4.69) is 20.8 Å². The molecule has 0 fully saturated rings. The van der Waals surface area contributed by atoms with Crippen LogP contribution in [0.25, 0.3) is 11.1 Å². The number of amides is 2. The van der Waals surface area contributed by atoms with Crippen LogP contribution in [0.4, 0.5) is 0 Å². The van der Waals surface area contributed by atoms with Crippen LogP contribution in [-0.4, -0.2) is 39.3 Å². The molecule has 3 aromatic rings. The maximum atomic E-state index is 13.0. The van der Waals surface area contributed by atoms with E-state index in [1.54, 1.807) is 32.3 Å². The minimum Gasteiger partial charge on any atom is -0.389 e. The van der Waals surface area contributed by atoms with Crippen LogP contribution in [-0.2, 0) is 4.79 Å². The summed E-state index contributed by atoms with van der Waals surface area (Å²) in [7, 11) is 0. The van der Waals surface area contributed by atoms with Crippen LogP contribution in [0.5, 0.6) is 0 Å². The second-order valence-electron chi connectivity index (χ2n) is 8.25. The Kier molecular flexibility index (Phi) is 6.87. The second kappa shape index (κ2) is 9.57. The molecule has 2 amide bonds. The molecule has 3 rings (SSSR count). The van der Waals surface area contributed by atoms with Crippen LogP contribution in [0, 0.1) is 6.92 Å². The van der Waals surface area contributed by atoms with E-state index in [1.807, 2.05) is 49.4 Å². The van der Waals surface area contributed by atoms with Crippen molar-refractivity contribution in [1.82, 2.24) is 20.8 Å². The van der Waals surface area contributed by atoms with Gasteiger partial charge >= 0.3 is 0 Å². The molecular weight excluding hydrogens is 392 g/mol. The molecule has 31 heavy (non-hydrogen) atoms. The van der Waals surface area contributed by atoms with Crippen molar-refractivity contribution < 1.29 is 14.7 Å². The molecule has 0 saturated carbocycles. The highest BCUT2D eigenvalue weighted by Gasteiger charge is 2.21. The average Bonchev–Trinajstić information content (AvgIpc) is 3.26. The van der Waals surface area contributed by atoms with Crippen LogP contribution in [0.2, 0.25) is 0 Å². The van der Waals surface area contributed by atoms with Crippen molar-refractivity contribution in [3.63, 3.8) is 0 Å². The number of benzene rings is 2. The highest BCUT2D eigenvalue weighted by molar-refractivity contribution is 5.95. The highest BCUT2D eigenvalue weighted by Crippen LogP contribution is 2.24. The molecule has 4 N–H and O–H groups in total. The number of H-pyrrole nitrogens is 1. The number of nitrogens with zero attached hydrogens (tertiary/aromatic N) is 1. The molecule has 0 aliphatic rings. The molecule has 1 atom stereocenters. The van der Waals surface area contributed by atoms with Gasteiger partial charge in [-0.15, -0.1) is 0 Å². The zero-order chi connectivity index (χ0) is 22.4. The first kappa shape index (κ1) is 22.2. The number of aryl methyl sites for hydroxylation is 1. The van der Waals surface area contributed by atoms with Gasteiger partial charge in [-0.05, 0) is 49.6 Å². The first-order valence-electron chi connectivity index (χ1n) is 10.2. The van der Waals surface area contributed by atoms with Crippen LogP contribution < -0.4 is 10.6 Å². The van der Waals surface area contributed by atoms with Gasteiger partial charge in [-0.25, -0.2) is 0 Å². The largest absolute Gasteiger partial charge is 0.389 e. The third-order valence-corrected chi connectivity index (χ3v) is 4.91. The van der Waals surface area contributed by atoms with Crippen molar-refractivity contribution in [2.45, 2.75) is 38.8 Å². The van der Waals surface area contributed by atoms with Crippen LogP contribution in [0.3, 0.4) is 0 Å². The zero-order valence-corrected chi connectivity index (χ0v) is 18.0. The van der Waals surface area contributed by atoms with Gasteiger partial charge in [0.2, 0.25) is 5.91 Å². The van der Waals surface area contributed by atoms with Gasteiger partial charge in [0.1, 0.15) is 0 Å². The summed E-state index contributed by atoms with van der Waals surface area (Å²) in [4.78, 5) is 25.4. The van der Waals surface area contributed by atoms with Gasteiger partial charge in [-0.3, -0.25) is 14.7 Å². The lowest BCUT2D eigenvalue weighted by atomic mass is 9.99. The van der Waals surface area contributed by atoms with E-state index in [0.717, 1.165) is 22.3 Å². The Bertz CT molecular complexity index is 1020. The molecule has 1 heterocycles. The Labute approximate surface area is 181 Å². The zero-order valence-electron chi connectivity index (χ0n) is 18.0. The standard InChI is InChI=1S/C24H28N4O3/c1-16-11-18(9-10-20(16)19-13-26-27-14-19)23(30)28-21(17-7-5-4-6-8-17)12-22(29)25-15-24(2,3)31/h4-11,13-14,21,31H,12,15H2,1-3H3,(H,25,29)(H,26,27)(H,28,30). The molecule has 2 aromatic carbocycles. The summed E-state index contributed by atoms with van der Waals surface area (Å²) in [6.45, 7) is 5.33. The first-order valence-corrected chi connectivity index (χ1v) is 10.2. The second-order valence-corrected chi connectivity index (χ2v) is 8.25. The Morgan fingerprint density at radius 3 is 2.52 bits per heavy atom. The number of hydrogen-bond donors (Lipinski definition) is 4. The first-order chi connectivity index (χ1) is 14.7. The van der Waals surface area contributed by atoms with Crippen LogP contribution in [0.15, 0.2) is 60.9 Å². The number of aromatic nitrogens is 2. The maximum Gasteiger partial charge on any atom is 0.251 e. The van der Waals surface area contributed by atoms with E-state index < -0.39 is 11.6 Å². The van der Waals surface area contributed by atoms with Gasteiger partial charge in [-0.1, -0.05) is 36.4 Å². The Hall–Kier alpha value is -3.45. The fraction of sp³-hybridized carbons (Fsp3) is 0.292. The van der Waals surface area contributed by atoms with Gasteiger partial charge in [0.25, 0.3) is 5.91 Å². The van der Waals surface area contributed by atoms with Gasteiger partial charge in [-0.2, -0.15) is 5.10 Å². The maximum absolute atomic E-state index is 13.0. The predicted molar refractivity (Wildman–Crippen MR) is 119 cm³/mol. The molecule has 0 bridgehead atoms. The smallest absolute Gasteiger partial charge is 0.251 e. The molecular formula is C24H28N4O3. The summed E-state index contributed by atoms with van der Waals surface area (Å²) in [6, 6.07) is 14.4. The highest BCUT2D eigenvalue weighted by atomic mass is 16.3. The van der Waals surface area contributed by atoms with Crippen LogP contribution in [0.1, 0.15) is 47.8 Å². The molecule has 0 aliphatic heterocycles. The van der Waals surface area contributed by atoms with E-state index in [1.165, 1.54) is 0 Å². The van der Waals surface area contributed by atoms with Crippen molar-refractivity contribution >= 4 is 11.8 Å². The number of aromatic amines is 1. The number of hydrogen-bond acceptors (Lipinski definition) is 4. The molecule has 7 nitrogen and oxygen atoms in total. The summed E-state index contributed by atoms with van der Waals surface area (Å²) in [6.07, 6.45) is 3.61. The molecule has 0 radical (unpaired) electrons. The van der Waals surface area contributed by atoms with E-state index in [0.29, 0.717) is 5.56 Å². The molecule has 0 spiro atoms. The van der Waals surface area contributed by atoms with E-state index >= 15 is 0 Å². The number of aliphatic hydroxyl groups is 1. The van der Waals surface area contributed by atoms with Crippen molar-refractivity contribution in [2.24, 2.45) is 0 Å². The lowest BCUT2D eigenvalue weighted by molar-refractivity contribution is -0.122. The Morgan fingerprint density at radius 1 is 1.16 bits per heavy atom. The van der Waals surface area contributed by atoms with Gasteiger partial charge in [0, 0.05) is 23.9 Å². The monoisotopic (exact) mass is 420 g/mol. The number of nitrogens with one attached hydrogen (secondary N) is 3. The molecule has 1 unspecified atom stereocenters. The van der Waals surface area contributed by atoms with Crippen molar-refractivity contribution in [1.29, 1.82) is 0 Å². The van der Waals surface area contributed by atoms with Gasteiger partial charge in [0.15, 0.2) is 0 Å². The van der Waals surface area contributed by atoms with Crippen molar-refractivity contribution in [2.75, 3.05) is 6.54 Å². The molecule has 0 saturated heterocycles. The summed E-state index contributed by atoms with van der Waals surface area (Å²) in [5.74, 6) is -0.506. The topological polar surface area (TPSA) is 107 Å². The van der Waals surface area contributed by atoms with Gasteiger partial charge < -0.3 is 15.7 Å². The number of carbonyl (C=O) groups excluding carboxylic acids is 2. The van der Waals surface area contributed by atoms with E-state index in [-0.39, 0.29) is 24.8 Å². The van der Waals surface area contributed by atoms with E-state index in [4.69, 9.17) is 0 Å². The fourth-order valence-electron chi connectivity index (χ4n) is 3.28. The lowest BCUT2D eigenvalue weighted by Crippen LogP contribution is -2.40. The average molecular weight is 421 g/mol. The predicted octanol–water partition coefficient (Wildman–Crippen LogP) is 3.13. The van der Waals surface area contributed by atoms with E-state index in [9.17, 15) is 14.7 Å². The molecule has 0 aliphatic carbocycles. The van der Waals surface area contributed by atoms with Crippen molar-refractivity contribution in [3.8, 4) is 11.1 Å². The summed E-state index contributed by atoms with van der Waals surface area (Å²) in [5.41, 5.74) is 3.25. The quantitative estimate of drug-likeness (QED) is 0.449. The number of carbonyl (C=O) groups is 2.